The number of nitrogens with zero attached hydrogens (tertiary/aromatic N) is 4. The van der Waals surface area contributed by atoms with E-state index in [0.29, 0.717) is 6.54 Å². The van der Waals surface area contributed by atoms with Crippen LogP contribution < -0.4 is 4.74 Å². The minimum absolute atomic E-state index is 0.657. The van der Waals surface area contributed by atoms with Gasteiger partial charge >= 0.3 is 0 Å². The normalized spacial score (nSPS) is 10.1. The molecule has 1 aromatic carbocycles. The zero-order chi connectivity index (χ0) is 9.80. The van der Waals surface area contributed by atoms with Crippen LogP contribution in [0, 0.1) is 0 Å². The van der Waals surface area contributed by atoms with Crippen LogP contribution >= 0.6 is 0 Å². The van der Waals surface area contributed by atoms with Gasteiger partial charge in [0.2, 0.25) is 0 Å². The fourth-order valence-electron chi connectivity index (χ4n) is 1.21. The smallest absolute Gasteiger partial charge is 0.138 e. The molecule has 0 bridgehead atoms. The summed E-state index contributed by atoms with van der Waals surface area (Å²) in [6, 6.07) is 7.81. The fraction of sp³-hybridized carbons (Fsp3) is 0.222. The van der Waals surface area contributed by atoms with E-state index >= 15 is 0 Å². The van der Waals surface area contributed by atoms with Crippen molar-refractivity contribution in [1.82, 2.24) is 20.2 Å². The van der Waals surface area contributed by atoms with E-state index in [1.165, 1.54) is 0 Å². The molecule has 0 atom stereocenters. The molecule has 0 aliphatic heterocycles. The van der Waals surface area contributed by atoms with Gasteiger partial charge in [0.1, 0.15) is 12.1 Å². The van der Waals surface area contributed by atoms with Crippen molar-refractivity contribution in [1.29, 1.82) is 0 Å². The zero-order valence-corrected chi connectivity index (χ0v) is 7.79. The third kappa shape index (κ3) is 1.87. The first-order valence-corrected chi connectivity index (χ1v) is 4.22. The van der Waals surface area contributed by atoms with Crippen LogP contribution in [0.15, 0.2) is 30.6 Å². The van der Waals surface area contributed by atoms with Gasteiger partial charge in [0.05, 0.1) is 13.7 Å². The van der Waals surface area contributed by atoms with E-state index in [9.17, 15) is 0 Å². The number of benzene rings is 1. The van der Waals surface area contributed by atoms with E-state index in [-0.39, 0.29) is 0 Å². The molecule has 2 rings (SSSR count). The highest BCUT2D eigenvalue weighted by molar-refractivity contribution is 5.28. The molecule has 0 N–H and O–H groups in total. The second-order valence-corrected chi connectivity index (χ2v) is 2.86. The molecule has 0 aliphatic rings. The fourth-order valence-corrected chi connectivity index (χ4v) is 1.21. The number of tetrazole rings is 1. The zero-order valence-electron chi connectivity index (χ0n) is 7.79. The number of ether oxygens (including phenoxy) is 1. The second-order valence-electron chi connectivity index (χ2n) is 2.86. The van der Waals surface area contributed by atoms with Gasteiger partial charge in [0.25, 0.3) is 0 Å². The molecular weight excluding hydrogens is 180 g/mol. The molecule has 0 saturated heterocycles. The van der Waals surface area contributed by atoms with Crippen LogP contribution in [0.4, 0.5) is 0 Å². The molecule has 0 aliphatic carbocycles. The van der Waals surface area contributed by atoms with Gasteiger partial charge in [0, 0.05) is 0 Å². The van der Waals surface area contributed by atoms with Gasteiger partial charge in [-0.2, -0.15) is 0 Å². The van der Waals surface area contributed by atoms with E-state index in [4.69, 9.17) is 4.74 Å². The lowest BCUT2D eigenvalue weighted by molar-refractivity contribution is 0.414. The van der Waals surface area contributed by atoms with Crippen molar-refractivity contribution in [2.75, 3.05) is 7.11 Å². The SMILES string of the molecule is COc1cccc(Cn2cnnn2)c1. The summed E-state index contributed by atoms with van der Waals surface area (Å²) >= 11 is 0. The van der Waals surface area contributed by atoms with Crippen molar-refractivity contribution in [2.24, 2.45) is 0 Å². The number of rotatable bonds is 3. The van der Waals surface area contributed by atoms with Crippen LogP contribution in [0.1, 0.15) is 5.56 Å². The Morgan fingerprint density at radius 2 is 2.36 bits per heavy atom. The molecule has 0 radical (unpaired) electrons. The Morgan fingerprint density at radius 1 is 1.43 bits per heavy atom. The lowest BCUT2D eigenvalue weighted by Crippen LogP contribution is -2.00. The standard InChI is InChI=1S/C9H10N4O/c1-14-9-4-2-3-8(5-9)6-13-7-10-11-12-13/h2-5,7H,6H2,1H3. The lowest BCUT2D eigenvalue weighted by atomic mass is 10.2. The summed E-state index contributed by atoms with van der Waals surface area (Å²) in [6.07, 6.45) is 1.58. The van der Waals surface area contributed by atoms with Crippen molar-refractivity contribution in [3.05, 3.63) is 36.2 Å². The third-order valence-corrected chi connectivity index (χ3v) is 1.87. The van der Waals surface area contributed by atoms with Crippen molar-refractivity contribution >= 4 is 0 Å². The molecule has 0 saturated carbocycles. The van der Waals surface area contributed by atoms with Crippen LogP contribution in [0.3, 0.4) is 0 Å². The number of aromatic nitrogens is 4. The van der Waals surface area contributed by atoms with Crippen LogP contribution in [0.2, 0.25) is 0 Å². The Hall–Kier alpha value is -1.91. The second kappa shape index (κ2) is 3.87. The van der Waals surface area contributed by atoms with Gasteiger partial charge in [-0.15, -0.1) is 5.10 Å². The molecule has 1 heterocycles. The predicted molar refractivity (Wildman–Crippen MR) is 49.9 cm³/mol. The number of methoxy groups -OCH3 is 1. The summed E-state index contributed by atoms with van der Waals surface area (Å²) in [7, 11) is 1.65. The molecular formula is C9H10N4O. The van der Waals surface area contributed by atoms with Crippen LogP contribution in [-0.2, 0) is 6.54 Å². The minimum atomic E-state index is 0.657. The largest absolute Gasteiger partial charge is 0.497 e. The molecule has 14 heavy (non-hydrogen) atoms. The van der Waals surface area contributed by atoms with Crippen molar-refractivity contribution in [3.63, 3.8) is 0 Å². The monoisotopic (exact) mass is 190 g/mol. The van der Waals surface area contributed by atoms with Crippen molar-refractivity contribution in [3.8, 4) is 5.75 Å². The van der Waals surface area contributed by atoms with Gasteiger partial charge in [-0.25, -0.2) is 4.68 Å². The summed E-state index contributed by atoms with van der Waals surface area (Å²) in [5.41, 5.74) is 1.11. The molecule has 0 spiro atoms. The lowest BCUT2D eigenvalue weighted by Gasteiger charge is -2.03. The Labute approximate surface area is 81.3 Å². The maximum atomic E-state index is 5.11. The molecule has 0 fully saturated rings. The highest BCUT2D eigenvalue weighted by Crippen LogP contribution is 2.12. The summed E-state index contributed by atoms with van der Waals surface area (Å²) in [4.78, 5) is 0. The third-order valence-electron chi connectivity index (χ3n) is 1.87. The Bertz CT molecular complexity index is 399. The van der Waals surface area contributed by atoms with E-state index in [0.717, 1.165) is 11.3 Å². The molecule has 5 heteroatoms. The first-order chi connectivity index (χ1) is 6.88. The maximum absolute atomic E-state index is 5.11. The van der Waals surface area contributed by atoms with Crippen LogP contribution in [0.25, 0.3) is 0 Å². The average Bonchev–Trinajstić information content (AvgIpc) is 2.71. The number of hydrogen-bond acceptors (Lipinski definition) is 4. The maximum Gasteiger partial charge on any atom is 0.138 e. The average molecular weight is 190 g/mol. The molecule has 72 valence electrons. The summed E-state index contributed by atoms with van der Waals surface area (Å²) in [6.45, 7) is 0.657. The van der Waals surface area contributed by atoms with E-state index < -0.39 is 0 Å². The Morgan fingerprint density at radius 3 is 3.07 bits per heavy atom. The van der Waals surface area contributed by atoms with Crippen LogP contribution in [-0.4, -0.2) is 27.3 Å². The summed E-state index contributed by atoms with van der Waals surface area (Å²) in [5, 5.41) is 10.9. The van der Waals surface area contributed by atoms with Crippen molar-refractivity contribution in [2.45, 2.75) is 6.54 Å². The first-order valence-electron chi connectivity index (χ1n) is 4.22. The topological polar surface area (TPSA) is 52.8 Å². The summed E-state index contributed by atoms with van der Waals surface area (Å²) in [5.74, 6) is 0.843. The minimum Gasteiger partial charge on any atom is -0.497 e. The van der Waals surface area contributed by atoms with E-state index in [1.807, 2.05) is 24.3 Å². The number of hydrogen-bond donors (Lipinski definition) is 0. The van der Waals surface area contributed by atoms with Gasteiger partial charge in [-0.1, -0.05) is 12.1 Å². The Kier molecular flexibility index (Phi) is 2.40. The van der Waals surface area contributed by atoms with Gasteiger partial charge in [0.15, 0.2) is 0 Å². The van der Waals surface area contributed by atoms with Crippen LogP contribution in [0.5, 0.6) is 5.75 Å². The van der Waals surface area contributed by atoms with E-state index in [2.05, 4.69) is 15.5 Å². The molecule has 2 aromatic rings. The van der Waals surface area contributed by atoms with Gasteiger partial charge < -0.3 is 4.74 Å². The van der Waals surface area contributed by atoms with Crippen molar-refractivity contribution < 1.29 is 4.74 Å². The quantitative estimate of drug-likeness (QED) is 0.716. The molecule has 0 unspecified atom stereocenters. The molecule has 1 aromatic heterocycles. The Balaban J connectivity index is 2.17. The molecule has 0 amide bonds. The van der Waals surface area contributed by atoms with E-state index in [1.54, 1.807) is 18.1 Å². The summed E-state index contributed by atoms with van der Waals surface area (Å²) < 4.78 is 6.77. The highest BCUT2D eigenvalue weighted by Gasteiger charge is 1.97. The van der Waals surface area contributed by atoms with Gasteiger partial charge in [-0.3, -0.25) is 0 Å². The predicted octanol–water partition coefficient (Wildman–Crippen LogP) is 0.730. The first kappa shape index (κ1) is 8.68. The molecule has 5 nitrogen and oxygen atoms in total. The van der Waals surface area contributed by atoms with Gasteiger partial charge in [-0.05, 0) is 28.1 Å². The highest BCUT2D eigenvalue weighted by atomic mass is 16.5.